The van der Waals surface area contributed by atoms with Gasteiger partial charge in [-0.2, -0.15) is 5.10 Å². The van der Waals surface area contributed by atoms with Crippen molar-refractivity contribution in [2.45, 2.75) is 38.0 Å². The monoisotopic (exact) mass is 251 g/mol. The summed E-state index contributed by atoms with van der Waals surface area (Å²) in [6.45, 7) is 0. The van der Waals surface area contributed by atoms with E-state index in [0.29, 0.717) is 16.8 Å². The molecule has 3 N–H and O–H groups in total. The van der Waals surface area contributed by atoms with Gasteiger partial charge in [0.2, 0.25) is 0 Å². The molecular formula is C13H18ClN3. The summed E-state index contributed by atoms with van der Waals surface area (Å²) >= 11 is 6.28. The van der Waals surface area contributed by atoms with Crippen LogP contribution >= 0.6 is 11.6 Å². The van der Waals surface area contributed by atoms with E-state index >= 15 is 0 Å². The lowest BCUT2D eigenvalue weighted by molar-refractivity contribution is -0.00413. The van der Waals surface area contributed by atoms with Gasteiger partial charge in [0.25, 0.3) is 0 Å². The number of aromatic amines is 1. The second-order valence-corrected chi connectivity index (χ2v) is 6.67. The largest absolute Gasteiger partial charge is 0.381 e. The van der Waals surface area contributed by atoms with Gasteiger partial charge >= 0.3 is 0 Å². The lowest BCUT2D eigenvalue weighted by atomic mass is 9.51. The van der Waals surface area contributed by atoms with Crippen molar-refractivity contribution in [3.8, 4) is 0 Å². The first kappa shape index (κ1) is 10.2. The number of aromatic nitrogens is 2. The standard InChI is InChI=1S/C13H18ClN3/c14-11-12(16-17-13(11)15)10-8-2-6-1-7(4-8)5-9(10)3-6/h6-10H,1-5H2,(H3,15,16,17). The van der Waals surface area contributed by atoms with Crippen molar-refractivity contribution in [2.75, 3.05) is 5.73 Å². The fourth-order valence-corrected chi connectivity index (χ4v) is 5.18. The van der Waals surface area contributed by atoms with Crippen molar-refractivity contribution >= 4 is 17.4 Å². The molecule has 4 bridgehead atoms. The summed E-state index contributed by atoms with van der Waals surface area (Å²) in [7, 11) is 0. The lowest BCUT2D eigenvalue weighted by Crippen LogP contribution is -2.44. The van der Waals surface area contributed by atoms with Gasteiger partial charge in [-0.1, -0.05) is 11.6 Å². The molecule has 4 aliphatic rings. The molecule has 1 aromatic heterocycles. The second kappa shape index (κ2) is 3.41. The van der Waals surface area contributed by atoms with E-state index in [1.807, 2.05) is 0 Å². The van der Waals surface area contributed by atoms with Gasteiger partial charge in [-0.15, -0.1) is 0 Å². The summed E-state index contributed by atoms with van der Waals surface area (Å²) in [5.74, 6) is 4.70. The number of nitrogens with zero attached hydrogens (tertiary/aromatic N) is 1. The molecule has 0 aliphatic heterocycles. The van der Waals surface area contributed by atoms with Gasteiger partial charge in [0.05, 0.1) is 5.69 Å². The van der Waals surface area contributed by atoms with Gasteiger partial charge in [0.15, 0.2) is 5.82 Å². The minimum Gasteiger partial charge on any atom is -0.381 e. The Hall–Kier alpha value is -0.700. The number of hydrogen-bond acceptors (Lipinski definition) is 2. The van der Waals surface area contributed by atoms with Gasteiger partial charge in [0.1, 0.15) is 5.02 Å². The molecule has 0 amide bonds. The molecule has 4 fully saturated rings. The summed E-state index contributed by atoms with van der Waals surface area (Å²) in [5.41, 5.74) is 6.88. The number of nitrogens with two attached hydrogens (primary N) is 1. The summed E-state index contributed by atoms with van der Waals surface area (Å²) in [4.78, 5) is 0. The Labute approximate surface area is 106 Å². The van der Waals surface area contributed by atoms with Crippen LogP contribution < -0.4 is 5.73 Å². The van der Waals surface area contributed by atoms with Crippen LogP contribution in [0.15, 0.2) is 0 Å². The number of rotatable bonds is 1. The van der Waals surface area contributed by atoms with Crippen molar-refractivity contribution in [1.29, 1.82) is 0 Å². The summed E-state index contributed by atoms with van der Waals surface area (Å²) in [6.07, 6.45) is 7.07. The quantitative estimate of drug-likeness (QED) is 0.806. The molecule has 17 heavy (non-hydrogen) atoms. The van der Waals surface area contributed by atoms with E-state index in [-0.39, 0.29) is 0 Å². The minimum absolute atomic E-state index is 0.468. The highest BCUT2D eigenvalue weighted by molar-refractivity contribution is 6.33. The van der Waals surface area contributed by atoms with Crippen LogP contribution in [-0.4, -0.2) is 10.2 Å². The first-order chi connectivity index (χ1) is 8.22. The molecule has 0 saturated heterocycles. The molecule has 4 aliphatic carbocycles. The van der Waals surface area contributed by atoms with E-state index in [4.69, 9.17) is 17.3 Å². The van der Waals surface area contributed by atoms with E-state index < -0.39 is 0 Å². The smallest absolute Gasteiger partial charge is 0.164 e. The van der Waals surface area contributed by atoms with Crippen LogP contribution in [-0.2, 0) is 0 Å². The number of nitrogen functional groups attached to an aromatic ring is 1. The predicted octanol–water partition coefficient (Wildman–Crippen LogP) is 3.19. The highest BCUT2D eigenvalue weighted by Gasteiger charge is 2.49. The number of halogens is 1. The van der Waals surface area contributed by atoms with Crippen molar-refractivity contribution in [1.82, 2.24) is 10.2 Å². The molecule has 4 heteroatoms. The van der Waals surface area contributed by atoms with E-state index in [0.717, 1.165) is 29.4 Å². The number of H-pyrrole nitrogens is 1. The van der Waals surface area contributed by atoms with Gasteiger partial charge < -0.3 is 5.73 Å². The van der Waals surface area contributed by atoms with Crippen molar-refractivity contribution in [2.24, 2.45) is 23.7 Å². The molecule has 5 rings (SSSR count). The molecule has 1 heterocycles. The highest BCUT2D eigenvalue weighted by atomic mass is 35.5. The molecule has 92 valence electrons. The van der Waals surface area contributed by atoms with E-state index in [2.05, 4.69) is 10.2 Å². The predicted molar refractivity (Wildman–Crippen MR) is 67.8 cm³/mol. The Morgan fingerprint density at radius 2 is 1.65 bits per heavy atom. The van der Waals surface area contributed by atoms with Crippen molar-refractivity contribution < 1.29 is 0 Å². The Balaban J connectivity index is 1.73. The number of hydrogen-bond donors (Lipinski definition) is 2. The van der Waals surface area contributed by atoms with Gasteiger partial charge in [-0.3, -0.25) is 5.10 Å². The second-order valence-electron chi connectivity index (χ2n) is 6.29. The summed E-state index contributed by atoms with van der Waals surface area (Å²) < 4.78 is 0. The van der Waals surface area contributed by atoms with Crippen LogP contribution in [0, 0.1) is 23.7 Å². The number of nitrogens with one attached hydrogen (secondary N) is 1. The summed E-state index contributed by atoms with van der Waals surface area (Å²) in [5, 5.41) is 7.85. The Morgan fingerprint density at radius 1 is 1.06 bits per heavy atom. The van der Waals surface area contributed by atoms with Crippen LogP contribution in [0.5, 0.6) is 0 Å². The third-order valence-corrected chi connectivity index (χ3v) is 5.72. The molecule has 0 aromatic carbocycles. The van der Waals surface area contributed by atoms with Crippen LogP contribution in [0.1, 0.15) is 43.7 Å². The Morgan fingerprint density at radius 3 is 2.12 bits per heavy atom. The molecule has 0 atom stereocenters. The van der Waals surface area contributed by atoms with E-state index in [9.17, 15) is 0 Å². The minimum atomic E-state index is 0.468. The topological polar surface area (TPSA) is 54.7 Å². The molecule has 0 unspecified atom stereocenters. The Kier molecular flexibility index (Phi) is 2.05. The van der Waals surface area contributed by atoms with Gasteiger partial charge in [-0.05, 0) is 55.8 Å². The van der Waals surface area contributed by atoms with Crippen molar-refractivity contribution in [3.63, 3.8) is 0 Å². The van der Waals surface area contributed by atoms with E-state index in [1.54, 1.807) is 0 Å². The normalized spacial score (nSPS) is 43.2. The van der Waals surface area contributed by atoms with Crippen LogP contribution in [0.3, 0.4) is 0 Å². The molecular weight excluding hydrogens is 234 g/mol. The third-order valence-electron chi connectivity index (χ3n) is 5.32. The molecule has 3 nitrogen and oxygen atoms in total. The molecule has 1 aromatic rings. The third kappa shape index (κ3) is 1.38. The van der Waals surface area contributed by atoms with Gasteiger partial charge in [0, 0.05) is 5.92 Å². The average molecular weight is 252 g/mol. The maximum absolute atomic E-state index is 6.28. The first-order valence-corrected chi connectivity index (χ1v) is 7.09. The number of anilines is 1. The maximum atomic E-state index is 6.28. The Bertz CT molecular complexity index is 426. The van der Waals surface area contributed by atoms with E-state index in [1.165, 1.54) is 32.1 Å². The zero-order valence-electron chi connectivity index (χ0n) is 9.82. The molecule has 0 spiro atoms. The molecule has 4 saturated carbocycles. The van der Waals surface area contributed by atoms with Crippen LogP contribution in [0.4, 0.5) is 5.82 Å². The fourth-order valence-electron chi connectivity index (χ4n) is 4.97. The average Bonchev–Trinajstić information content (AvgIpc) is 2.60. The molecule has 0 radical (unpaired) electrons. The fraction of sp³-hybridized carbons (Fsp3) is 0.769. The highest BCUT2D eigenvalue weighted by Crippen LogP contribution is 2.60. The summed E-state index contributed by atoms with van der Waals surface area (Å²) in [6, 6.07) is 0. The SMILES string of the molecule is Nc1n[nH]c(C2C3CC4CC(C3)CC2C4)c1Cl. The van der Waals surface area contributed by atoms with Gasteiger partial charge in [-0.25, -0.2) is 0 Å². The maximum Gasteiger partial charge on any atom is 0.164 e. The first-order valence-electron chi connectivity index (χ1n) is 6.71. The lowest BCUT2D eigenvalue weighted by Gasteiger charge is -2.54. The van der Waals surface area contributed by atoms with Crippen LogP contribution in [0.25, 0.3) is 0 Å². The zero-order valence-corrected chi connectivity index (χ0v) is 10.6. The zero-order chi connectivity index (χ0) is 11.6. The van der Waals surface area contributed by atoms with Crippen LogP contribution in [0.2, 0.25) is 5.02 Å². The van der Waals surface area contributed by atoms with Crippen molar-refractivity contribution in [3.05, 3.63) is 10.7 Å².